The molecule has 0 bridgehead atoms. The molecule has 0 aliphatic heterocycles. The first-order valence-electron chi connectivity index (χ1n) is 9.41. The number of carbonyl (C=O) groups is 1. The average molecular weight is 431 g/mol. The standard InChI is InChI=1S/C22H20F3N3O3/c1-15-5-7-16(8-6-15)19-9-10-21(28-27-19)30-12-11-26-20(29)14-31-18-4-2-3-17(13-18)22(23,24)25/h2-10,13H,11-12,14H2,1H3,(H,26,29). The fraction of sp³-hybridized carbons (Fsp3) is 0.227. The van der Waals surface area contributed by atoms with Gasteiger partial charge < -0.3 is 14.8 Å². The Balaban J connectivity index is 1.38. The first kappa shape index (κ1) is 22.1. The van der Waals surface area contributed by atoms with Crippen LogP contribution in [0.25, 0.3) is 11.3 Å². The Labute approximate surface area is 177 Å². The van der Waals surface area contributed by atoms with Crippen molar-refractivity contribution in [2.24, 2.45) is 0 Å². The molecule has 0 saturated heterocycles. The van der Waals surface area contributed by atoms with Crippen molar-refractivity contribution in [3.8, 4) is 22.9 Å². The number of aromatic nitrogens is 2. The lowest BCUT2D eigenvalue weighted by atomic mass is 10.1. The minimum atomic E-state index is -4.47. The molecular weight excluding hydrogens is 411 g/mol. The van der Waals surface area contributed by atoms with Crippen molar-refractivity contribution in [3.63, 3.8) is 0 Å². The van der Waals surface area contributed by atoms with Crippen LogP contribution in [0.15, 0.2) is 60.7 Å². The zero-order valence-corrected chi connectivity index (χ0v) is 16.6. The number of rotatable bonds is 8. The van der Waals surface area contributed by atoms with Gasteiger partial charge in [0.1, 0.15) is 12.4 Å². The highest BCUT2D eigenvalue weighted by molar-refractivity contribution is 5.77. The average Bonchev–Trinajstić information content (AvgIpc) is 2.76. The molecule has 0 fully saturated rings. The molecule has 31 heavy (non-hydrogen) atoms. The highest BCUT2D eigenvalue weighted by Crippen LogP contribution is 2.31. The number of alkyl halides is 3. The van der Waals surface area contributed by atoms with Crippen molar-refractivity contribution in [2.75, 3.05) is 19.8 Å². The van der Waals surface area contributed by atoms with E-state index >= 15 is 0 Å². The molecule has 3 rings (SSSR count). The van der Waals surface area contributed by atoms with Crippen molar-refractivity contribution in [2.45, 2.75) is 13.1 Å². The molecule has 0 radical (unpaired) electrons. The zero-order chi connectivity index (χ0) is 22.3. The van der Waals surface area contributed by atoms with Gasteiger partial charge >= 0.3 is 6.18 Å². The number of aryl methyl sites for hydroxylation is 1. The summed E-state index contributed by atoms with van der Waals surface area (Å²) in [5.74, 6) is -0.211. The van der Waals surface area contributed by atoms with Crippen LogP contribution in [-0.4, -0.2) is 35.9 Å². The number of nitrogens with zero attached hydrogens (tertiary/aromatic N) is 2. The van der Waals surface area contributed by atoms with Gasteiger partial charge in [0, 0.05) is 11.6 Å². The second kappa shape index (κ2) is 9.92. The summed E-state index contributed by atoms with van der Waals surface area (Å²) >= 11 is 0. The lowest BCUT2D eigenvalue weighted by molar-refractivity contribution is -0.137. The quantitative estimate of drug-likeness (QED) is 0.545. The topological polar surface area (TPSA) is 73.3 Å². The van der Waals surface area contributed by atoms with Crippen LogP contribution in [0.3, 0.4) is 0 Å². The molecule has 0 atom stereocenters. The van der Waals surface area contributed by atoms with Crippen molar-refractivity contribution >= 4 is 5.91 Å². The van der Waals surface area contributed by atoms with Crippen LogP contribution < -0.4 is 14.8 Å². The van der Waals surface area contributed by atoms with E-state index in [1.165, 1.54) is 12.1 Å². The minimum absolute atomic E-state index is 0.0369. The lowest BCUT2D eigenvalue weighted by Gasteiger charge is -2.10. The molecule has 162 valence electrons. The Bertz CT molecular complexity index is 1010. The van der Waals surface area contributed by atoms with E-state index in [9.17, 15) is 18.0 Å². The fourth-order valence-corrected chi connectivity index (χ4v) is 2.58. The van der Waals surface area contributed by atoms with E-state index in [4.69, 9.17) is 9.47 Å². The predicted octanol–water partition coefficient (Wildman–Crippen LogP) is 4.04. The summed E-state index contributed by atoms with van der Waals surface area (Å²) in [6, 6.07) is 15.7. The van der Waals surface area contributed by atoms with Gasteiger partial charge in [0.05, 0.1) is 17.8 Å². The number of nitrogens with one attached hydrogen (secondary N) is 1. The Hall–Kier alpha value is -3.62. The third-order valence-corrected chi connectivity index (χ3v) is 4.19. The Kier molecular flexibility index (Phi) is 7.07. The van der Waals surface area contributed by atoms with Crippen LogP contribution in [0.5, 0.6) is 11.6 Å². The van der Waals surface area contributed by atoms with Crippen molar-refractivity contribution < 1.29 is 27.4 Å². The van der Waals surface area contributed by atoms with Crippen LogP contribution in [0.4, 0.5) is 13.2 Å². The molecule has 0 spiro atoms. The van der Waals surface area contributed by atoms with Crippen molar-refractivity contribution in [1.29, 1.82) is 0 Å². The van der Waals surface area contributed by atoms with Crippen LogP contribution in [0, 0.1) is 6.92 Å². The zero-order valence-electron chi connectivity index (χ0n) is 16.6. The molecule has 1 aromatic heterocycles. The molecule has 1 N–H and O–H groups in total. The number of benzene rings is 2. The van der Waals surface area contributed by atoms with Crippen molar-refractivity contribution in [3.05, 3.63) is 71.8 Å². The van der Waals surface area contributed by atoms with Gasteiger partial charge in [-0.1, -0.05) is 35.9 Å². The van der Waals surface area contributed by atoms with Gasteiger partial charge in [0.25, 0.3) is 5.91 Å². The van der Waals surface area contributed by atoms with E-state index in [0.717, 1.165) is 23.3 Å². The molecule has 2 aromatic carbocycles. The van der Waals surface area contributed by atoms with E-state index in [-0.39, 0.29) is 18.9 Å². The summed E-state index contributed by atoms with van der Waals surface area (Å²) in [6.45, 7) is 1.91. The monoisotopic (exact) mass is 431 g/mol. The van der Waals surface area contributed by atoms with Crippen LogP contribution in [0.2, 0.25) is 0 Å². The summed E-state index contributed by atoms with van der Waals surface area (Å²) in [6.07, 6.45) is -4.47. The number of carbonyl (C=O) groups excluding carboxylic acids is 1. The largest absolute Gasteiger partial charge is 0.484 e. The van der Waals surface area contributed by atoms with E-state index in [2.05, 4.69) is 15.5 Å². The molecule has 0 aliphatic carbocycles. The maximum atomic E-state index is 12.7. The second-order valence-corrected chi connectivity index (χ2v) is 6.64. The first-order valence-corrected chi connectivity index (χ1v) is 9.41. The molecule has 1 amide bonds. The molecule has 9 heteroatoms. The van der Waals surface area contributed by atoms with Gasteiger partial charge in [0.2, 0.25) is 5.88 Å². The fourth-order valence-electron chi connectivity index (χ4n) is 2.58. The Morgan fingerprint density at radius 2 is 1.77 bits per heavy atom. The summed E-state index contributed by atoms with van der Waals surface area (Å²) < 4.78 is 48.6. The third-order valence-electron chi connectivity index (χ3n) is 4.19. The van der Waals surface area contributed by atoms with Crippen LogP contribution in [0.1, 0.15) is 11.1 Å². The molecule has 3 aromatic rings. The molecule has 0 saturated carbocycles. The van der Waals surface area contributed by atoms with Gasteiger partial charge in [0.15, 0.2) is 6.61 Å². The number of hydrogen-bond donors (Lipinski definition) is 1. The SMILES string of the molecule is Cc1ccc(-c2ccc(OCCNC(=O)COc3cccc(C(F)(F)F)c3)nn2)cc1. The molecular formula is C22H20F3N3O3. The molecule has 6 nitrogen and oxygen atoms in total. The van der Waals surface area contributed by atoms with Gasteiger partial charge in [-0.3, -0.25) is 4.79 Å². The normalized spacial score (nSPS) is 11.1. The summed E-state index contributed by atoms with van der Waals surface area (Å²) in [4.78, 5) is 11.8. The smallest absolute Gasteiger partial charge is 0.416 e. The lowest BCUT2D eigenvalue weighted by Crippen LogP contribution is -2.32. The van der Waals surface area contributed by atoms with Gasteiger partial charge in [-0.15, -0.1) is 10.2 Å². The highest BCUT2D eigenvalue weighted by atomic mass is 19.4. The number of halogens is 3. The third kappa shape index (κ3) is 6.70. The summed E-state index contributed by atoms with van der Waals surface area (Å²) in [5.41, 5.74) is 1.97. The second-order valence-electron chi connectivity index (χ2n) is 6.64. The van der Waals surface area contributed by atoms with Crippen molar-refractivity contribution in [1.82, 2.24) is 15.5 Å². The van der Waals surface area contributed by atoms with E-state index in [1.807, 2.05) is 31.2 Å². The predicted molar refractivity (Wildman–Crippen MR) is 108 cm³/mol. The molecule has 0 aliphatic rings. The van der Waals surface area contributed by atoms with Gasteiger partial charge in [-0.05, 0) is 31.2 Å². The maximum absolute atomic E-state index is 12.7. The summed E-state index contributed by atoms with van der Waals surface area (Å²) in [5, 5.41) is 10.7. The van der Waals surface area contributed by atoms with E-state index < -0.39 is 24.3 Å². The first-order chi connectivity index (χ1) is 14.8. The van der Waals surface area contributed by atoms with E-state index in [1.54, 1.807) is 12.1 Å². The highest BCUT2D eigenvalue weighted by Gasteiger charge is 2.30. The number of hydrogen-bond acceptors (Lipinski definition) is 5. The van der Waals surface area contributed by atoms with Gasteiger partial charge in [-0.2, -0.15) is 13.2 Å². The molecule has 0 unspecified atom stereocenters. The molecule has 1 heterocycles. The minimum Gasteiger partial charge on any atom is -0.484 e. The van der Waals surface area contributed by atoms with Crippen LogP contribution in [-0.2, 0) is 11.0 Å². The number of ether oxygens (including phenoxy) is 2. The van der Waals surface area contributed by atoms with Gasteiger partial charge in [-0.25, -0.2) is 0 Å². The summed E-state index contributed by atoms with van der Waals surface area (Å²) in [7, 11) is 0. The maximum Gasteiger partial charge on any atom is 0.416 e. The Morgan fingerprint density at radius 1 is 1.00 bits per heavy atom. The van der Waals surface area contributed by atoms with E-state index in [0.29, 0.717) is 11.6 Å². The Morgan fingerprint density at radius 3 is 2.45 bits per heavy atom. The van der Waals surface area contributed by atoms with Crippen LogP contribution >= 0.6 is 0 Å². The number of amides is 1.